The van der Waals surface area contributed by atoms with E-state index in [1.165, 1.54) is 22.2 Å². The number of fused-ring (bicyclic) bond motifs is 1. The van der Waals surface area contributed by atoms with Crippen LogP contribution >= 0.6 is 11.8 Å². The number of aromatic nitrogens is 1. The molecule has 0 spiro atoms. The van der Waals surface area contributed by atoms with Gasteiger partial charge in [0.1, 0.15) is 29.5 Å². The number of amides is 2. The average molecular weight is 559 g/mol. The van der Waals surface area contributed by atoms with E-state index < -0.39 is 29.2 Å². The summed E-state index contributed by atoms with van der Waals surface area (Å²) in [6, 6.07) is 19.8. The van der Waals surface area contributed by atoms with E-state index in [9.17, 15) is 19.5 Å². The lowest BCUT2D eigenvalue weighted by Crippen LogP contribution is -2.70. The molecule has 1 saturated heterocycles. The van der Waals surface area contributed by atoms with Crippen molar-refractivity contribution in [2.45, 2.75) is 50.8 Å². The van der Waals surface area contributed by atoms with Crippen LogP contribution < -0.4 is 14.6 Å². The summed E-state index contributed by atoms with van der Waals surface area (Å²) in [6.07, 6.45) is 4.95. The molecule has 9 heteroatoms. The molecule has 40 heavy (non-hydrogen) atoms. The van der Waals surface area contributed by atoms with Crippen molar-refractivity contribution in [3.63, 3.8) is 0 Å². The van der Waals surface area contributed by atoms with Gasteiger partial charge in [-0.05, 0) is 48.2 Å². The maximum atomic E-state index is 13.1. The highest BCUT2D eigenvalue weighted by molar-refractivity contribution is 8.00. The Kier molecular flexibility index (Phi) is 8.21. The van der Waals surface area contributed by atoms with Gasteiger partial charge in [0, 0.05) is 28.5 Å². The van der Waals surface area contributed by atoms with E-state index in [0.29, 0.717) is 41.7 Å². The third-order valence-corrected chi connectivity index (χ3v) is 8.68. The second-order valence-corrected chi connectivity index (χ2v) is 11.1. The van der Waals surface area contributed by atoms with Crippen LogP contribution in [0.4, 0.5) is 0 Å². The molecule has 0 bridgehead atoms. The quantitative estimate of drug-likeness (QED) is 0.287. The summed E-state index contributed by atoms with van der Waals surface area (Å²) in [5, 5.41) is 12.4. The number of hydrogen-bond donors (Lipinski definition) is 2. The summed E-state index contributed by atoms with van der Waals surface area (Å²) in [6.45, 7) is 5.09. The van der Waals surface area contributed by atoms with Crippen LogP contribution in [-0.2, 0) is 22.7 Å². The molecule has 0 radical (unpaired) electrons. The van der Waals surface area contributed by atoms with Crippen LogP contribution in [0.15, 0.2) is 90.4 Å². The molecule has 206 valence electrons. The Hall–Kier alpha value is -4.11. The van der Waals surface area contributed by atoms with Gasteiger partial charge < -0.3 is 15.2 Å². The fourth-order valence-corrected chi connectivity index (χ4v) is 6.20. The van der Waals surface area contributed by atoms with Crippen LogP contribution in [0, 0.1) is 0 Å². The second-order valence-electron chi connectivity index (χ2n) is 10.0. The van der Waals surface area contributed by atoms with Gasteiger partial charge in [0.05, 0.1) is 0 Å². The van der Waals surface area contributed by atoms with Crippen LogP contribution in [0.3, 0.4) is 0 Å². The largest absolute Gasteiger partial charge is 0.489 e. The first kappa shape index (κ1) is 27.5. The van der Waals surface area contributed by atoms with Gasteiger partial charge in [-0.2, -0.15) is 0 Å². The fourth-order valence-electron chi connectivity index (χ4n) is 4.86. The van der Waals surface area contributed by atoms with Gasteiger partial charge >= 0.3 is 5.97 Å². The minimum Gasteiger partial charge on any atom is -0.489 e. The number of carboxylic acids is 1. The maximum Gasteiger partial charge on any atom is 0.352 e. The third-order valence-electron chi connectivity index (χ3n) is 7.34. The first-order valence-electron chi connectivity index (χ1n) is 13.3. The molecule has 0 aliphatic carbocycles. The number of carboxylic acid groups (broad SMARTS) is 1. The number of rotatable bonds is 10. The molecule has 3 aromatic rings. The lowest BCUT2D eigenvalue weighted by atomic mass is 10.0. The highest BCUT2D eigenvalue weighted by Crippen LogP contribution is 2.40. The average Bonchev–Trinajstić information content (AvgIpc) is 2.98. The summed E-state index contributed by atoms with van der Waals surface area (Å²) >= 11 is 1.47. The van der Waals surface area contributed by atoms with Crippen molar-refractivity contribution in [3.05, 3.63) is 107 Å². The first-order valence-corrected chi connectivity index (χ1v) is 14.4. The van der Waals surface area contributed by atoms with E-state index in [1.807, 2.05) is 53.4 Å². The SMILES string of the molecule is CCC(C)c1ccc[n+](CC2=C(C(=O)O)N3C(=O)C(NC(=O)c4ccc(OCc5ccccc5)cc4)[C@H]3SC2)c1. The monoisotopic (exact) mass is 558 g/mol. The Labute approximate surface area is 237 Å². The van der Waals surface area contributed by atoms with Crippen molar-refractivity contribution in [3.8, 4) is 5.75 Å². The second kappa shape index (κ2) is 12.0. The molecule has 5 rings (SSSR count). The molecule has 3 heterocycles. The van der Waals surface area contributed by atoms with Crippen LogP contribution in [0.1, 0.15) is 47.7 Å². The molecule has 3 atom stereocenters. The Morgan fingerprint density at radius 3 is 2.58 bits per heavy atom. The van der Waals surface area contributed by atoms with Crippen molar-refractivity contribution >= 4 is 29.5 Å². The number of ether oxygens (including phenoxy) is 1. The highest BCUT2D eigenvalue weighted by Gasteiger charge is 2.54. The molecule has 2 aliphatic heterocycles. The molecule has 2 unspecified atom stereocenters. The number of thioether (sulfide) groups is 1. The Balaban J connectivity index is 1.23. The van der Waals surface area contributed by atoms with Crippen molar-refractivity contribution < 1.29 is 28.8 Å². The molecule has 2 aliphatic rings. The van der Waals surface area contributed by atoms with Crippen molar-refractivity contribution in [1.82, 2.24) is 10.2 Å². The summed E-state index contributed by atoms with van der Waals surface area (Å²) < 4.78 is 7.75. The van der Waals surface area contributed by atoms with Gasteiger partial charge in [-0.15, -0.1) is 11.8 Å². The number of aliphatic carboxylic acids is 1. The molecule has 1 fully saturated rings. The Morgan fingerprint density at radius 1 is 1.12 bits per heavy atom. The van der Waals surface area contributed by atoms with Crippen LogP contribution in [-0.4, -0.2) is 45.0 Å². The highest BCUT2D eigenvalue weighted by atomic mass is 32.2. The van der Waals surface area contributed by atoms with E-state index in [4.69, 9.17) is 4.74 Å². The lowest BCUT2D eigenvalue weighted by Gasteiger charge is -2.49. The van der Waals surface area contributed by atoms with E-state index in [-0.39, 0.29) is 5.70 Å². The smallest absolute Gasteiger partial charge is 0.352 e. The Morgan fingerprint density at radius 2 is 1.88 bits per heavy atom. The minimum absolute atomic E-state index is 0.0145. The third kappa shape index (κ3) is 5.74. The number of pyridine rings is 1. The number of carbonyl (C=O) groups is 3. The standard InChI is InChI=1S/C31H31N3O5S/c1-3-20(2)23-10-7-15-33(16-23)17-24-19-40-30-26(29(36)34(30)27(24)31(37)38)32-28(35)22-11-13-25(14-12-22)39-18-21-8-5-4-6-9-21/h4-16,20,26,30H,3,17-19H2,1-2H3,(H-,32,35,37,38)/p+1/t20?,26?,30-/m1/s1. The van der Waals surface area contributed by atoms with Crippen LogP contribution in [0.25, 0.3) is 0 Å². The van der Waals surface area contributed by atoms with Crippen molar-refractivity contribution in [1.29, 1.82) is 0 Å². The fraction of sp³-hybridized carbons (Fsp3) is 0.290. The predicted octanol–water partition coefficient (Wildman–Crippen LogP) is 4.12. The summed E-state index contributed by atoms with van der Waals surface area (Å²) in [5.41, 5.74) is 3.30. The lowest BCUT2D eigenvalue weighted by molar-refractivity contribution is -0.689. The van der Waals surface area contributed by atoms with Crippen LogP contribution in [0.2, 0.25) is 0 Å². The zero-order valence-corrected chi connectivity index (χ0v) is 23.3. The number of carbonyl (C=O) groups excluding carboxylic acids is 2. The minimum atomic E-state index is -1.14. The summed E-state index contributed by atoms with van der Waals surface area (Å²) in [7, 11) is 0. The summed E-state index contributed by atoms with van der Waals surface area (Å²) in [4.78, 5) is 39.6. The van der Waals surface area contributed by atoms with Gasteiger partial charge in [0.25, 0.3) is 11.8 Å². The normalized spacial score (nSPS) is 18.9. The molecule has 1 aromatic heterocycles. The molecule has 2 N–H and O–H groups in total. The number of nitrogens with zero attached hydrogens (tertiary/aromatic N) is 2. The van der Waals surface area contributed by atoms with E-state index in [0.717, 1.165) is 12.0 Å². The molecule has 2 amide bonds. The Bertz CT molecular complexity index is 1440. The number of benzene rings is 2. The van der Waals surface area contributed by atoms with Gasteiger partial charge in [-0.25, -0.2) is 9.36 Å². The summed E-state index contributed by atoms with van der Waals surface area (Å²) in [5.74, 6) is -0.464. The maximum absolute atomic E-state index is 13.1. The van der Waals surface area contributed by atoms with E-state index in [2.05, 4.69) is 25.2 Å². The number of hydrogen-bond acceptors (Lipinski definition) is 5. The van der Waals surface area contributed by atoms with Crippen LogP contribution in [0.5, 0.6) is 5.75 Å². The van der Waals surface area contributed by atoms with Gasteiger partial charge in [-0.3, -0.25) is 14.5 Å². The molecular weight excluding hydrogens is 526 g/mol. The molecule has 8 nitrogen and oxygen atoms in total. The number of nitrogens with one attached hydrogen (secondary N) is 1. The van der Waals surface area contributed by atoms with Crippen molar-refractivity contribution in [2.75, 3.05) is 5.75 Å². The molecular formula is C31H32N3O5S+. The molecule has 0 saturated carbocycles. The predicted molar refractivity (Wildman–Crippen MR) is 152 cm³/mol. The van der Waals surface area contributed by atoms with Gasteiger partial charge in [0.15, 0.2) is 18.9 Å². The van der Waals surface area contributed by atoms with Gasteiger partial charge in [0.2, 0.25) is 0 Å². The van der Waals surface area contributed by atoms with E-state index >= 15 is 0 Å². The number of β-lactam (4-membered cyclic amide) rings is 1. The van der Waals surface area contributed by atoms with Crippen molar-refractivity contribution in [2.24, 2.45) is 0 Å². The zero-order chi connectivity index (χ0) is 28.2. The zero-order valence-electron chi connectivity index (χ0n) is 22.4. The van der Waals surface area contributed by atoms with E-state index in [1.54, 1.807) is 24.3 Å². The topological polar surface area (TPSA) is 99.8 Å². The van der Waals surface area contributed by atoms with Gasteiger partial charge in [-0.1, -0.05) is 44.2 Å². The molecule has 2 aromatic carbocycles. The first-order chi connectivity index (χ1) is 19.4.